The van der Waals surface area contributed by atoms with Crippen molar-refractivity contribution in [2.24, 2.45) is 0 Å². The summed E-state index contributed by atoms with van der Waals surface area (Å²) < 4.78 is 5.15. The van der Waals surface area contributed by atoms with E-state index in [1.165, 1.54) is 5.56 Å². The Hall–Kier alpha value is -1.80. The lowest BCUT2D eigenvalue weighted by atomic mass is 9.88. The van der Waals surface area contributed by atoms with E-state index in [1.807, 2.05) is 31.2 Å². The molecule has 2 aromatic rings. The van der Waals surface area contributed by atoms with Gasteiger partial charge >= 0.3 is 0 Å². The molecule has 2 aromatic carbocycles. The lowest BCUT2D eigenvalue weighted by Gasteiger charge is -2.24. The Morgan fingerprint density at radius 2 is 1.57 bits per heavy atom. The first-order valence-corrected chi connectivity index (χ1v) is 7.38. The molecule has 0 spiro atoms. The molecule has 112 valence electrons. The second kappa shape index (κ2) is 6.31. The number of benzene rings is 2. The average molecular weight is 284 g/mol. The molecule has 0 bridgehead atoms. The quantitative estimate of drug-likeness (QED) is 0.888. The summed E-state index contributed by atoms with van der Waals surface area (Å²) in [5.41, 5.74) is 2.48. The minimum atomic E-state index is -0.883. The number of hydrogen-bond acceptors (Lipinski definition) is 2. The molecule has 0 aromatic heterocycles. The highest BCUT2D eigenvalue weighted by molar-refractivity contribution is 5.33. The molecule has 0 saturated carbocycles. The molecule has 1 unspecified atom stereocenters. The van der Waals surface area contributed by atoms with Gasteiger partial charge in [0.2, 0.25) is 0 Å². The summed E-state index contributed by atoms with van der Waals surface area (Å²) in [6, 6.07) is 16.1. The van der Waals surface area contributed by atoms with Crippen molar-refractivity contribution >= 4 is 0 Å². The summed E-state index contributed by atoms with van der Waals surface area (Å²) in [4.78, 5) is 0. The molecule has 2 heteroatoms. The smallest absolute Gasteiger partial charge is 0.118 e. The molecular formula is C19H24O2. The zero-order valence-corrected chi connectivity index (χ0v) is 13.3. The molecule has 2 nitrogen and oxygen atoms in total. The Labute approximate surface area is 127 Å². The molecule has 21 heavy (non-hydrogen) atoms. The van der Waals surface area contributed by atoms with E-state index >= 15 is 0 Å². The van der Waals surface area contributed by atoms with Gasteiger partial charge in [0.25, 0.3) is 0 Å². The summed E-state index contributed by atoms with van der Waals surface area (Å²) in [5, 5.41) is 10.7. The van der Waals surface area contributed by atoms with Crippen LogP contribution < -0.4 is 4.74 Å². The second-order valence-electron chi connectivity index (χ2n) is 6.08. The predicted molar refractivity (Wildman–Crippen MR) is 86.8 cm³/mol. The molecule has 0 fully saturated rings. The van der Waals surface area contributed by atoms with Crippen molar-refractivity contribution in [2.75, 3.05) is 7.11 Å². The Bertz CT molecular complexity index is 566. The second-order valence-corrected chi connectivity index (χ2v) is 6.08. The Kier molecular flexibility index (Phi) is 4.69. The zero-order chi connectivity index (χ0) is 15.5. The monoisotopic (exact) mass is 284 g/mol. The normalized spacial score (nSPS) is 14.0. The molecule has 1 N–H and O–H groups in total. The summed E-state index contributed by atoms with van der Waals surface area (Å²) in [5.74, 6) is 1.33. The van der Waals surface area contributed by atoms with Crippen LogP contribution in [0.2, 0.25) is 0 Å². The van der Waals surface area contributed by atoms with Gasteiger partial charge in [-0.25, -0.2) is 0 Å². The van der Waals surface area contributed by atoms with Gasteiger partial charge in [0, 0.05) is 6.42 Å². The first-order chi connectivity index (χ1) is 9.92. The van der Waals surface area contributed by atoms with Crippen molar-refractivity contribution in [3.63, 3.8) is 0 Å². The van der Waals surface area contributed by atoms with Gasteiger partial charge in [-0.2, -0.15) is 0 Å². The van der Waals surface area contributed by atoms with Crippen LogP contribution >= 0.6 is 0 Å². The Morgan fingerprint density at radius 3 is 2.05 bits per heavy atom. The van der Waals surface area contributed by atoms with Crippen molar-refractivity contribution in [1.82, 2.24) is 0 Å². The number of hydrogen-bond donors (Lipinski definition) is 1. The van der Waals surface area contributed by atoms with Crippen LogP contribution in [0.5, 0.6) is 5.75 Å². The number of ether oxygens (including phenoxy) is 1. The molecule has 0 radical (unpaired) electrons. The molecular weight excluding hydrogens is 260 g/mol. The van der Waals surface area contributed by atoms with E-state index in [9.17, 15) is 5.11 Å². The lowest BCUT2D eigenvalue weighted by Crippen LogP contribution is -2.24. The van der Waals surface area contributed by atoms with Crippen LogP contribution in [0.3, 0.4) is 0 Å². The standard InChI is InChI=1S/C19H24O2/c1-14(2)16-7-5-15(6-8-16)13-19(3,20)17-9-11-18(21-4)12-10-17/h5-12,14,20H,13H2,1-4H3. The fourth-order valence-corrected chi connectivity index (χ4v) is 2.47. The summed E-state index contributed by atoms with van der Waals surface area (Å²) in [7, 11) is 1.64. The highest BCUT2D eigenvalue weighted by Crippen LogP contribution is 2.27. The van der Waals surface area contributed by atoms with Crippen molar-refractivity contribution in [3.05, 3.63) is 65.2 Å². The van der Waals surface area contributed by atoms with Crippen molar-refractivity contribution in [2.45, 2.75) is 38.7 Å². The highest BCUT2D eigenvalue weighted by atomic mass is 16.5. The van der Waals surface area contributed by atoms with Crippen LogP contribution in [-0.4, -0.2) is 12.2 Å². The number of aliphatic hydroxyl groups is 1. The SMILES string of the molecule is COc1ccc(C(C)(O)Cc2ccc(C(C)C)cc2)cc1. The van der Waals surface area contributed by atoms with Gasteiger partial charge in [-0.05, 0) is 41.7 Å². The average Bonchev–Trinajstić information content (AvgIpc) is 2.47. The van der Waals surface area contributed by atoms with E-state index in [0.717, 1.165) is 16.9 Å². The number of methoxy groups -OCH3 is 1. The van der Waals surface area contributed by atoms with Gasteiger partial charge in [-0.3, -0.25) is 0 Å². The summed E-state index contributed by atoms with van der Waals surface area (Å²) >= 11 is 0. The fraction of sp³-hybridized carbons (Fsp3) is 0.368. The summed E-state index contributed by atoms with van der Waals surface area (Å²) in [6.07, 6.45) is 0.595. The van der Waals surface area contributed by atoms with Crippen LogP contribution in [0, 0.1) is 0 Å². The topological polar surface area (TPSA) is 29.5 Å². The third kappa shape index (κ3) is 3.85. The first kappa shape index (κ1) is 15.6. The van der Waals surface area contributed by atoms with Crippen molar-refractivity contribution < 1.29 is 9.84 Å². The van der Waals surface area contributed by atoms with E-state index in [1.54, 1.807) is 7.11 Å². The first-order valence-electron chi connectivity index (χ1n) is 7.38. The molecule has 1 atom stereocenters. The minimum Gasteiger partial charge on any atom is -0.497 e. The predicted octanol–water partition coefficient (Wildman–Crippen LogP) is 4.27. The van der Waals surface area contributed by atoms with Gasteiger partial charge in [-0.15, -0.1) is 0 Å². The summed E-state index contributed by atoms with van der Waals surface area (Å²) in [6.45, 7) is 6.22. The van der Waals surface area contributed by atoms with E-state index < -0.39 is 5.60 Å². The minimum absolute atomic E-state index is 0.529. The molecule has 0 aliphatic carbocycles. The van der Waals surface area contributed by atoms with E-state index in [2.05, 4.69) is 38.1 Å². The van der Waals surface area contributed by atoms with Gasteiger partial charge < -0.3 is 9.84 Å². The third-order valence-electron chi connectivity index (χ3n) is 3.91. The maximum absolute atomic E-state index is 10.7. The van der Waals surface area contributed by atoms with Crippen molar-refractivity contribution in [1.29, 1.82) is 0 Å². The maximum Gasteiger partial charge on any atom is 0.118 e. The maximum atomic E-state index is 10.7. The van der Waals surface area contributed by atoms with Crippen LogP contribution in [0.15, 0.2) is 48.5 Å². The van der Waals surface area contributed by atoms with E-state index in [-0.39, 0.29) is 0 Å². The molecule has 0 heterocycles. The van der Waals surface area contributed by atoms with Crippen LogP contribution in [0.1, 0.15) is 43.4 Å². The van der Waals surface area contributed by atoms with Gasteiger partial charge in [0.1, 0.15) is 5.75 Å². The molecule has 0 amide bonds. The van der Waals surface area contributed by atoms with Gasteiger partial charge in [0.15, 0.2) is 0 Å². The molecule has 0 saturated heterocycles. The Morgan fingerprint density at radius 1 is 1.00 bits per heavy atom. The lowest BCUT2D eigenvalue weighted by molar-refractivity contribution is 0.0576. The highest BCUT2D eigenvalue weighted by Gasteiger charge is 2.23. The molecule has 0 aliphatic rings. The van der Waals surface area contributed by atoms with Crippen molar-refractivity contribution in [3.8, 4) is 5.75 Å². The van der Waals surface area contributed by atoms with Crippen LogP contribution in [0.4, 0.5) is 0 Å². The number of rotatable bonds is 5. The van der Waals surface area contributed by atoms with E-state index in [4.69, 9.17) is 4.74 Å². The molecule has 0 aliphatic heterocycles. The largest absolute Gasteiger partial charge is 0.497 e. The third-order valence-corrected chi connectivity index (χ3v) is 3.91. The Balaban J connectivity index is 2.15. The molecule has 2 rings (SSSR count). The van der Waals surface area contributed by atoms with Crippen LogP contribution in [0.25, 0.3) is 0 Å². The van der Waals surface area contributed by atoms with Gasteiger partial charge in [0.05, 0.1) is 12.7 Å². The van der Waals surface area contributed by atoms with E-state index in [0.29, 0.717) is 12.3 Å². The van der Waals surface area contributed by atoms with Gasteiger partial charge in [-0.1, -0.05) is 50.2 Å². The fourth-order valence-electron chi connectivity index (χ4n) is 2.47. The zero-order valence-electron chi connectivity index (χ0n) is 13.3. The van der Waals surface area contributed by atoms with Crippen LogP contribution in [-0.2, 0) is 12.0 Å².